The molecule has 2 aromatic carbocycles. The molecule has 1 atom stereocenters. The Bertz CT molecular complexity index is 838. The van der Waals surface area contributed by atoms with Crippen molar-refractivity contribution in [3.05, 3.63) is 65.7 Å². The van der Waals surface area contributed by atoms with Crippen LogP contribution in [0.5, 0.6) is 0 Å². The summed E-state index contributed by atoms with van der Waals surface area (Å²) in [7, 11) is 0. The summed E-state index contributed by atoms with van der Waals surface area (Å²) in [6.07, 6.45) is 3.46. The third-order valence-electron chi connectivity index (χ3n) is 5.31. The molecule has 0 radical (unpaired) electrons. The van der Waals surface area contributed by atoms with Gasteiger partial charge in [0.05, 0.1) is 13.2 Å². The molecule has 1 unspecified atom stereocenters. The molecule has 0 aliphatic carbocycles. The lowest BCUT2D eigenvalue weighted by Gasteiger charge is -2.24. The molecule has 2 aromatic rings. The van der Waals surface area contributed by atoms with E-state index in [1.54, 1.807) is 0 Å². The number of anilines is 1. The number of aliphatic imine (C=N–C) groups is 1. The highest BCUT2D eigenvalue weighted by atomic mass is 16.5. The number of hydrogen-bond acceptors (Lipinski definition) is 3. The van der Waals surface area contributed by atoms with Gasteiger partial charge in [-0.2, -0.15) is 0 Å². The van der Waals surface area contributed by atoms with Gasteiger partial charge in [0.1, 0.15) is 0 Å². The van der Waals surface area contributed by atoms with Crippen LogP contribution in [-0.4, -0.2) is 44.7 Å². The van der Waals surface area contributed by atoms with E-state index in [1.165, 1.54) is 5.56 Å². The molecule has 166 valence electrons. The maximum atomic E-state index is 12.0. The second-order valence-electron chi connectivity index (χ2n) is 7.74. The Kier molecular flexibility index (Phi) is 9.38. The summed E-state index contributed by atoms with van der Waals surface area (Å²) in [5, 5.41) is 9.63. The molecule has 0 bridgehead atoms. The number of carbonyl (C=O) groups is 1. The van der Waals surface area contributed by atoms with Gasteiger partial charge >= 0.3 is 0 Å². The number of unbranched alkanes of at least 4 members (excludes halogenated alkanes) is 1. The first-order chi connectivity index (χ1) is 15.3. The van der Waals surface area contributed by atoms with E-state index in [2.05, 4.69) is 53.2 Å². The van der Waals surface area contributed by atoms with Gasteiger partial charge in [0, 0.05) is 37.7 Å². The molecule has 1 aliphatic heterocycles. The topological polar surface area (TPSA) is 74.8 Å². The van der Waals surface area contributed by atoms with Gasteiger partial charge in [-0.15, -0.1) is 0 Å². The van der Waals surface area contributed by atoms with Crippen molar-refractivity contribution in [2.75, 3.05) is 38.2 Å². The predicted molar refractivity (Wildman–Crippen MR) is 127 cm³/mol. The molecule has 0 fully saturated rings. The number of carbonyl (C=O) groups excluding carboxylic acids is 1. The number of nitrogens with zero attached hydrogens (tertiary/aromatic N) is 1. The smallest absolute Gasteiger partial charge is 0.225 e. The van der Waals surface area contributed by atoms with Gasteiger partial charge in [-0.25, -0.2) is 0 Å². The van der Waals surface area contributed by atoms with E-state index in [1.807, 2.05) is 24.3 Å². The molecule has 1 amide bonds. The van der Waals surface area contributed by atoms with E-state index in [9.17, 15) is 4.79 Å². The van der Waals surface area contributed by atoms with Crippen molar-refractivity contribution < 1.29 is 9.53 Å². The van der Waals surface area contributed by atoms with Crippen molar-refractivity contribution in [2.45, 2.75) is 38.5 Å². The number of fused-ring (bicyclic) bond motifs is 1. The number of ether oxygens (including phenoxy) is 1. The number of guanidine groups is 1. The summed E-state index contributed by atoms with van der Waals surface area (Å²) in [6, 6.07) is 18.4. The van der Waals surface area contributed by atoms with Crippen LogP contribution in [0.15, 0.2) is 59.6 Å². The second kappa shape index (κ2) is 12.7. The van der Waals surface area contributed by atoms with Crippen LogP contribution >= 0.6 is 0 Å². The molecule has 0 saturated heterocycles. The van der Waals surface area contributed by atoms with E-state index in [0.29, 0.717) is 13.0 Å². The molecule has 6 heteroatoms. The lowest BCUT2D eigenvalue weighted by molar-refractivity contribution is -0.116. The fourth-order valence-corrected chi connectivity index (χ4v) is 3.68. The zero-order valence-corrected chi connectivity index (χ0v) is 18.4. The Morgan fingerprint density at radius 3 is 2.71 bits per heavy atom. The van der Waals surface area contributed by atoms with Crippen molar-refractivity contribution in [3.63, 3.8) is 0 Å². The van der Waals surface area contributed by atoms with Crippen molar-refractivity contribution in [1.29, 1.82) is 0 Å². The predicted octanol–water partition coefficient (Wildman–Crippen LogP) is 3.71. The fourth-order valence-electron chi connectivity index (χ4n) is 3.68. The van der Waals surface area contributed by atoms with Crippen LogP contribution < -0.4 is 16.0 Å². The monoisotopic (exact) mass is 422 g/mol. The van der Waals surface area contributed by atoms with Crippen molar-refractivity contribution in [1.82, 2.24) is 10.6 Å². The summed E-state index contributed by atoms with van der Waals surface area (Å²) >= 11 is 0. The van der Waals surface area contributed by atoms with Crippen molar-refractivity contribution in [3.8, 4) is 0 Å². The van der Waals surface area contributed by atoms with E-state index in [-0.39, 0.29) is 11.8 Å². The molecule has 6 nitrogen and oxygen atoms in total. The first-order valence-corrected chi connectivity index (χ1v) is 11.3. The van der Waals surface area contributed by atoms with Crippen molar-refractivity contribution >= 4 is 17.6 Å². The van der Waals surface area contributed by atoms with Gasteiger partial charge in [-0.1, -0.05) is 48.5 Å². The van der Waals surface area contributed by atoms with Crippen molar-refractivity contribution in [2.24, 2.45) is 4.99 Å². The van der Waals surface area contributed by atoms with E-state index >= 15 is 0 Å². The van der Waals surface area contributed by atoms with Gasteiger partial charge in [-0.3, -0.25) is 9.79 Å². The highest BCUT2D eigenvalue weighted by molar-refractivity contribution is 5.94. The summed E-state index contributed by atoms with van der Waals surface area (Å²) in [5.41, 5.74) is 3.38. The quantitative estimate of drug-likeness (QED) is 0.293. The van der Waals surface area contributed by atoms with Gasteiger partial charge in [0.2, 0.25) is 5.91 Å². The molecular formula is C25H34N4O2. The van der Waals surface area contributed by atoms with Gasteiger partial charge in [-0.05, 0) is 43.4 Å². The van der Waals surface area contributed by atoms with Crippen LogP contribution in [0.3, 0.4) is 0 Å². The lowest BCUT2D eigenvalue weighted by Crippen LogP contribution is -2.38. The number of rotatable bonds is 11. The SMILES string of the molecule is CCNC(=NCC1CC(=O)Nc2ccccc21)NCCCCOCCc1ccccc1. The first-order valence-electron chi connectivity index (χ1n) is 11.3. The summed E-state index contributed by atoms with van der Waals surface area (Å²) in [6.45, 7) is 5.82. The highest BCUT2D eigenvalue weighted by Crippen LogP contribution is 2.31. The molecule has 3 N–H and O–H groups in total. The summed E-state index contributed by atoms with van der Waals surface area (Å²) < 4.78 is 5.75. The molecule has 1 heterocycles. The standard InChI is InChI=1S/C25H34N4O2/c1-2-26-25(27-15-8-9-16-31-17-14-20-10-4-3-5-11-20)28-19-21-18-24(30)29-23-13-7-6-12-22(21)23/h3-7,10-13,21H,2,8-9,14-19H2,1H3,(H,29,30)(H2,26,27,28). The number of hydrogen-bond donors (Lipinski definition) is 3. The molecular weight excluding hydrogens is 388 g/mol. The number of nitrogens with one attached hydrogen (secondary N) is 3. The highest BCUT2D eigenvalue weighted by Gasteiger charge is 2.24. The molecule has 1 aliphatic rings. The normalized spacial score (nSPS) is 15.8. The number of amides is 1. The van der Waals surface area contributed by atoms with Crippen LogP contribution in [0.4, 0.5) is 5.69 Å². The maximum Gasteiger partial charge on any atom is 0.225 e. The third-order valence-corrected chi connectivity index (χ3v) is 5.31. The Morgan fingerprint density at radius 1 is 1.06 bits per heavy atom. The zero-order chi connectivity index (χ0) is 21.7. The Balaban J connectivity index is 1.36. The largest absolute Gasteiger partial charge is 0.381 e. The van der Waals surface area contributed by atoms with Crippen LogP contribution in [0.25, 0.3) is 0 Å². The third kappa shape index (κ3) is 7.72. The molecule has 3 rings (SSSR count). The van der Waals surface area contributed by atoms with E-state index in [4.69, 9.17) is 9.73 Å². The fraction of sp³-hybridized carbons (Fsp3) is 0.440. The minimum absolute atomic E-state index is 0.0594. The molecule has 31 heavy (non-hydrogen) atoms. The molecule has 0 spiro atoms. The van der Waals surface area contributed by atoms with Crippen LogP contribution in [0.2, 0.25) is 0 Å². The average molecular weight is 423 g/mol. The lowest BCUT2D eigenvalue weighted by atomic mass is 9.91. The molecule has 0 aromatic heterocycles. The Hall–Kier alpha value is -2.86. The van der Waals surface area contributed by atoms with Crippen LogP contribution in [0.1, 0.15) is 43.2 Å². The summed E-state index contributed by atoms with van der Waals surface area (Å²) in [4.78, 5) is 16.7. The maximum absolute atomic E-state index is 12.0. The Labute approximate surface area is 185 Å². The average Bonchev–Trinajstić information content (AvgIpc) is 2.79. The van der Waals surface area contributed by atoms with Gasteiger partial charge in [0.15, 0.2) is 5.96 Å². The second-order valence-corrected chi connectivity index (χ2v) is 7.74. The molecule has 0 saturated carbocycles. The summed E-state index contributed by atoms with van der Waals surface area (Å²) in [5.74, 6) is 0.971. The van der Waals surface area contributed by atoms with Gasteiger partial charge < -0.3 is 20.7 Å². The zero-order valence-electron chi connectivity index (χ0n) is 18.4. The first kappa shape index (κ1) is 22.8. The van der Waals surface area contributed by atoms with Crippen LogP contribution in [-0.2, 0) is 16.0 Å². The Morgan fingerprint density at radius 2 is 1.87 bits per heavy atom. The van der Waals surface area contributed by atoms with Gasteiger partial charge in [0.25, 0.3) is 0 Å². The minimum Gasteiger partial charge on any atom is -0.381 e. The van der Waals surface area contributed by atoms with Crippen LogP contribution in [0, 0.1) is 0 Å². The van der Waals surface area contributed by atoms with E-state index in [0.717, 1.165) is 62.8 Å². The number of para-hydroxylation sites is 1. The van der Waals surface area contributed by atoms with E-state index < -0.39 is 0 Å². The number of benzene rings is 2. The minimum atomic E-state index is 0.0594.